The van der Waals surface area contributed by atoms with Crippen molar-refractivity contribution in [3.8, 4) is 0 Å². The lowest BCUT2D eigenvalue weighted by atomic mass is 9.90. The Bertz CT molecular complexity index is 838. The van der Waals surface area contributed by atoms with Gasteiger partial charge in [0.2, 0.25) is 5.91 Å². The van der Waals surface area contributed by atoms with Crippen LogP contribution in [0.1, 0.15) is 59.9 Å². The van der Waals surface area contributed by atoms with Crippen LogP contribution in [0.3, 0.4) is 0 Å². The topological polar surface area (TPSA) is 73.6 Å². The number of rotatable bonds is 11. The second kappa shape index (κ2) is 11.5. The van der Waals surface area contributed by atoms with Gasteiger partial charge in [-0.15, -0.1) is 0 Å². The van der Waals surface area contributed by atoms with Gasteiger partial charge in [0.25, 0.3) is 0 Å². The van der Waals surface area contributed by atoms with Gasteiger partial charge in [0, 0.05) is 25.2 Å². The minimum absolute atomic E-state index is 0.00681. The Balaban J connectivity index is 3.24. The van der Waals surface area contributed by atoms with Crippen molar-refractivity contribution < 1.29 is 18.0 Å². The largest absolute Gasteiger partial charge is 0.416 e. The van der Waals surface area contributed by atoms with Crippen molar-refractivity contribution in [2.75, 3.05) is 13.2 Å². The summed E-state index contributed by atoms with van der Waals surface area (Å²) in [4.78, 5) is 12.7. The molecule has 0 radical (unpaired) electrons. The van der Waals surface area contributed by atoms with Crippen LogP contribution >= 0.6 is 11.6 Å². The number of carbonyl (C=O) groups is 1. The molecule has 0 aliphatic rings. The molecule has 0 aliphatic heterocycles. The highest BCUT2D eigenvalue weighted by molar-refractivity contribution is 6.74. The van der Waals surface area contributed by atoms with Gasteiger partial charge in [-0.25, -0.2) is 4.39 Å². The minimum atomic E-state index is -2.17. The van der Waals surface area contributed by atoms with E-state index in [1.807, 2.05) is 6.92 Å². The predicted octanol–water partition coefficient (Wildman–Crippen LogP) is 6.44. The second-order valence-electron chi connectivity index (χ2n) is 12.3. The van der Waals surface area contributed by atoms with Crippen LogP contribution in [0.4, 0.5) is 4.39 Å². The zero-order valence-corrected chi connectivity index (χ0v) is 25.7. The first-order chi connectivity index (χ1) is 15.2. The Kier molecular flexibility index (Phi) is 10.6. The molecule has 1 amide bonds. The molecule has 1 rings (SSSR count). The molecule has 0 spiro atoms. The van der Waals surface area contributed by atoms with Gasteiger partial charge in [-0.2, -0.15) is 0 Å². The number of primary amides is 1. The summed E-state index contributed by atoms with van der Waals surface area (Å²) in [6, 6.07) is 3.80. The van der Waals surface area contributed by atoms with Crippen LogP contribution in [0.25, 0.3) is 0 Å². The molecule has 34 heavy (non-hydrogen) atoms. The van der Waals surface area contributed by atoms with Crippen molar-refractivity contribution in [1.82, 2.24) is 5.32 Å². The molecule has 9 heteroatoms. The van der Waals surface area contributed by atoms with Crippen LogP contribution in [-0.4, -0.2) is 47.8 Å². The summed E-state index contributed by atoms with van der Waals surface area (Å²) in [5, 5.41) is 3.35. The molecule has 1 aromatic rings. The van der Waals surface area contributed by atoms with Crippen LogP contribution < -0.4 is 11.1 Å². The van der Waals surface area contributed by atoms with Crippen molar-refractivity contribution in [2.45, 2.75) is 103 Å². The Labute approximate surface area is 213 Å². The van der Waals surface area contributed by atoms with E-state index in [0.29, 0.717) is 12.2 Å². The third-order valence-corrected chi connectivity index (χ3v) is 16.8. The zero-order chi connectivity index (χ0) is 26.7. The lowest BCUT2D eigenvalue weighted by Gasteiger charge is -2.39. The number of hydrogen-bond donors (Lipinski definition) is 2. The Morgan fingerprint density at radius 2 is 1.50 bits per heavy atom. The van der Waals surface area contributed by atoms with E-state index in [4.69, 9.17) is 26.2 Å². The van der Waals surface area contributed by atoms with Crippen LogP contribution in [0.5, 0.6) is 0 Å². The Hall–Kier alpha value is -0.776. The molecule has 1 aromatic carbocycles. The van der Waals surface area contributed by atoms with Crippen molar-refractivity contribution in [2.24, 2.45) is 5.73 Å². The number of amides is 1. The van der Waals surface area contributed by atoms with E-state index in [1.165, 1.54) is 6.07 Å². The van der Waals surface area contributed by atoms with Crippen molar-refractivity contribution >= 4 is 34.1 Å². The number of nitrogens with two attached hydrogens (primary N) is 1. The van der Waals surface area contributed by atoms with Crippen molar-refractivity contribution in [1.29, 1.82) is 0 Å². The fraction of sp³-hybridized carbons (Fsp3) is 0.720. The van der Waals surface area contributed by atoms with Gasteiger partial charge in [0.1, 0.15) is 5.82 Å². The molecule has 0 aliphatic carbocycles. The normalized spacial score (nSPS) is 16.3. The fourth-order valence-electron chi connectivity index (χ4n) is 2.99. The molecule has 0 bridgehead atoms. The summed E-state index contributed by atoms with van der Waals surface area (Å²) in [7, 11) is -4.13. The fourth-order valence-corrected chi connectivity index (χ4v) is 5.30. The van der Waals surface area contributed by atoms with E-state index in [-0.39, 0.29) is 27.7 Å². The van der Waals surface area contributed by atoms with Crippen molar-refractivity contribution in [3.63, 3.8) is 0 Å². The minimum Gasteiger partial charge on any atom is -0.416 e. The van der Waals surface area contributed by atoms with Gasteiger partial charge < -0.3 is 19.9 Å². The highest BCUT2D eigenvalue weighted by atomic mass is 35.5. The number of halogens is 2. The van der Waals surface area contributed by atoms with Gasteiger partial charge in [0.05, 0.1) is 11.1 Å². The first kappa shape index (κ1) is 31.3. The van der Waals surface area contributed by atoms with E-state index < -0.39 is 40.3 Å². The van der Waals surface area contributed by atoms with Gasteiger partial charge in [-0.3, -0.25) is 4.79 Å². The van der Waals surface area contributed by atoms with Gasteiger partial charge >= 0.3 is 0 Å². The van der Waals surface area contributed by atoms with Gasteiger partial charge in [-0.1, -0.05) is 65.3 Å². The van der Waals surface area contributed by atoms with Crippen molar-refractivity contribution in [3.05, 3.63) is 34.6 Å². The molecule has 0 saturated carbocycles. The third kappa shape index (κ3) is 8.13. The Morgan fingerprint density at radius 1 is 1.03 bits per heavy atom. The van der Waals surface area contributed by atoms with E-state index in [2.05, 4.69) is 73.0 Å². The number of hydrogen-bond acceptors (Lipinski definition) is 4. The quantitative estimate of drug-likeness (QED) is 0.322. The monoisotopic (exact) mass is 532 g/mol. The Morgan fingerprint density at radius 3 is 1.94 bits per heavy atom. The van der Waals surface area contributed by atoms with Crippen LogP contribution in [0.15, 0.2) is 18.2 Å². The van der Waals surface area contributed by atoms with Gasteiger partial charge in [0.15, 0.2) is 16.6 Å². The molecule has 196 valence electrons. The molecular formula is C25H46ClFN2O3Si2. The molecule has 3 atom stereocenters. The average Bonchev–Trinajstić information content (AvgIpc) is 2.66. The summed E-state index contributed by atoms with van der Waals surface area (Å²) in [6.07, 6.45) is 0. The van der Waals surface area contributed by atoms with Crippen LogP contribution in [0, 0.1) is 5.82 Å². The van der Waals surface area contributed by atoms with E-state index >= 15 is 4.39 Å². The van der Waals surface area contributed by atoms with Crippen LogP contribution in [-0.2, 0) is 13.6 Å². The molecule has 5 nitrogen and oxygen atoms in total. The maximum Gasteiger partial charge on any atom is 0.235 e. The van der Waals surface area contributed by atoms with E-state index in [9.17, 15) is 4.79 Å². The number of nitrogens with one attached hydrogen (secondary N) is 1. The third-order valence-electron chi connectivity index (χ3n) is 7.48. The average molecular weight is 533 g/mol. The lowest BCUT2D eigenvalue weighted by molar-refractivity contribution is -0.121. The number of carbonyl (C=O) groups excluding carboxylic acids is 1. The molecule has 0 fully saturated rings. The smallest absolute Gasteiger partial charge is 0.235 e. The summed E-state index contributed by atoms with van der Waals surface area (Å²) in [5.74, 6) is -1.76. The predicted molar refractivity (Wildman–Crippen MR) is 146 cm³/mol. The summed E-state index contributed by atoms with van der Waals surface area (Å²) < 4.78 is 27.9. The molecule has 0 saturated heterocycles. The summed E-state index contributed by atoms with van der Waals surface area (Å²) >= 11 is 6.09. The highest BCUT2D eigenvalue weighted by Gasteiger charge is 2.41. The maximum atomic E-state index is 15.1. The van der Waals surface area contributed by atoms with Crippen LogP contribution in [0.2, 0.25) is 41.3 Å². The zero-order valence-electron chi connectivity index (χ0n) is 22.9. The first-order valence-corrected chi connectivity index (χ1v) is 18.2. The molecule has 1 unspecified atom stereocenters. The van der Waals surface area contributed by atoms with E-state index in [0.717, 1.165) is 0 Å². The van der Waals surface area contributed by atoms with Gasteiger partial charge in [-0.05, 0) is 54.8 Å². The molecular weight excluding hydrogens is 487 g/mol. The molecule has 0 aromatic heterocycles. The standard InChI is InChI=1S/C25H46ClFN2O3Si2/c1-17(15-31-33(8,9)24(2,3)4)29-22(23(28)30)19(16-32-34(10,11)25(5,6)7)18-13-12-14-20(26)21(18)27/h12-14,17,19,22,29H,15-16H2,1-11H3,(H2,28,30)/t17-,19-,22?/m1/s1. The van der Waals surface area contributed by atoms with E-state index in [1.54, 1.807) is 12.1 Å². The molecule has 0 heterocycles. The SMILES string of the molecule is C[C@H](CO[Si](C)(C)C(C)(C)C)NC(C(N)=O)[C@H](CO[Si](C)(C)C(C)(C)C)c1cccc(Cl)c1F. The first-order valence-electron chi connectivity index (χ1n) is 12.0. The summed E-state index contributed by atoms with van der Waals surface area (Å²) in [5.41, 5.74) is 6.17. The molecule has 3 N–H and O–H groups in total. The lowest BCUT2D eigenvalue weighted by Crippen LogP contribution is -2.53. The second-order valence-corrected chi connectivity index (χ2v) is 22.4. The highest BCUT2D eigenvalue weighted by Crippen LogP contribution is 2.39. The summed E-state index contributed by atoms with van der Waals surface area (Å²) in [6.45, 7) is 24.1. The number of benzene rings is 1. The maximum absolute atomic E-state index is 15.1.